The van der Waals surface area contributed by atoms with Gasteiger partial charge in [0, 0.05) is 4.47 Å². The van der Waals surface area contributed by atoms with Crippen molar-refractivity contribution in [2.24, 2.45) is 0 Å². The van der Waals surface area contributed by atoms with Crippen LogP contribution in [-0.2, 0) is 12.8 Å². The molecular formula is C19H22BrN. The Labute approximate surface area is 135 Å². The Bertz CT molecular complexity index is 648. The molecule has 0 radical (unpaired) electrons. The molecule has 3 rings (SSSR count). The van der Waals surface area contributed by atoms with Crippen LogP contribution in [0.2, 0.25) is 0 Å². The van der Waals surface area contributed by atoms with Gasteiger partial charge in [0.05, 0.1) is 6.04 Å². The topological polar surface area (TPSA) is 12.0 Å². The molecule has 0 saturated heterocycles. The first kappa shape index (κ1) is 14.8. The van der Waals surface area contributed by atoms with Crippen LogP contribution in [0.25, 0.3) is 0 Å². The van der Waals surface area contributed by atoms with Crippen LogP contribution in [0.15, 0.2) is 40.9 Å². The third-order valence-corrected chi connectivity index (χ3v) is 5.27. The van der Waals surface area contributed by atoms with Crippen molar-refractivity contribution in [2.75, 3.05) is 6.54 Å². The van der Waals surface area contributed by atoms with Crippen LogP contribution in [0.5, 0.6) is 0 Å². The van der Waals surface area contributed by atoms with E-state index >= 15 is 0 Å². The summed E-state index contributed by atoms with van der Waals surface area (Å²) in [5.41, 5.74) is 7.11. The summed E-state index contributed by atoms with van der Waals surface area (Å²) in [7, 11) is 0. The van der Waals surface area contributed by atoms with E-state index in [0.717, 1.165) is 6.54 Å². The summed E-state index contributed by atoms with van der Waals surface area (Å²) in [6, 6.07) is 14.0. The van der Waals surface area contributed by atoms with E-state index in [2.05, 4.69) is 71.5 Å². The summed E-state index contributed by atoms with van der Waals surface area (Å²) in [5, 5.41) is 3.64. The maximum absolute atomic E-state index is 3.64. The number of fused-ring (bicyclic) bond motifs is 1. The third-order valence-electron chi connectivity index (χ3n) is 4.38. The molecule has 0 saturated carbocycles. The van der Waals surface area contributed by atoms with Crippen LogP contribution >= 0.6 is 15.9 Å². The molecule has 2 aromatic carbocycles. The molecular weight excluding hydrogens is 322 g/mol. The number of hydrogen-bond donors (Lipinski definition) is 1. The molecule has 2 aromatic rings. The number of nitrogens with one attached hydrogen (secondary N) is 1. The highest BCUT2D eigenvalue weighted by atomic mass is 79.9. The van der Waals surface area contributed by atoms with E-state index in [1.165, 1.54) is 40.4 Å². The Balaban J connectivity index is 1.99. The number of aryl methyl sites for hydroxylation is 3. The van der Waals surface area contributed by atoms with E-state index in [0.29, 0.717) is 0 Å². The first-order chi connectivity index (χ1) is 10.2. The summed E-state index contributed by atoms with van der Waals surface area (Å²) < 4.78 is 1.18. The van der Waals surface area contributed by atoms with Crippen molar-refractivity contribution in [3.63, 3.8) is 0 Å². The fourth-order valence-corrected chi connectivity index (χ4v) is 3.50. The summed E-state index contributed by atoms with van der Waals surface area (Å²) in [6.07, 6.45) is 3.79. The van der Waals surface area contributed by atoms with Gasteiger partial charge in [0.25, 0.3) is 0 Å². The highest BCUT2D eigenvalue weighted by Gasteiger charge is 2.17. The average Bonchev–Trinajstić information content (AvgIpc) is 2.95. The lowest BCUT2D eigenvalue weighted by Crippen LogP contribution is -2.22. The minimum atomic E-state index is 0.285. The van der Waals surface area contributed by atoms with E-state index in [9.17, 15) is 0 Å². The van der Waals surface area contributed by atoms with E-state index in [1.807, 2.05) is 0 Å². The molecule has 0 heterocycles. The van der Waals surface area contributed by atoms with Crippen LogP contribution in [0.1, 0.15) is 47.2 Å². The molecule has 21 heavy (non-hydrogen) atoms. The van der Waals surface area contributed by atoms with Crippen molar-refractivity contribution in [3.05, 3.63) is 68.7 Å². The zero-order valence-electron chi connectivity index (χ0n) is 12.7. The van der Waals surface area contributed by atoms with Gasteiger partial charge in [-0.05, 0) is 66.6 Å². The summed E-state index contributed by atoms with van der Waals surface area (Å²) in [4.78, 5) is 0. The van der Waals surface area contributed by atoms with Gasteiger partial charge >= 0.3 is 0 Å². The molecule has 0 spiro atoms. The molecule has 2 heteroatoms. The van der Waals surface area contributed by atoms with Crippen molar-refractivity contribution < 1.29 is 0 Å². The lowest BCUT2D eigenvalue weighted by atomic mass is 9.94. The van der Waals surface area contributed by atoms with Crippen molar-refractivity contribution in [1.82, 2.24) is 5.32 Å². The Kier molecular flexibility index (Phi) is 4.46. The molecule has 1 aliphatic rings. The van der Waals surface area contributed by atoms with E-state index in [1.54, 1.807) is 11.1 Å². The van der Waals surface area contributed by atoms with Crippen LogP contribution in [-0.4, -0.2) is 6.54 Å². The molecule has 1 atom stereocenters. The molecule has 0 aromatic heterocycles. The summed E-state index contributed by atoms with van der Waals surface area (Å²) >= 11 is 3.59. The predicted molar refractivity (Wildman–Crippen MR) is 92.9 cm³/mol. The van der Waals surface area contributed by atoms with Crippen LogP contribution in [0, 0.1) is 6.92 Å². The van der Waals surface area contributed by atoms with Gasteiger partial charge in [0.2, 0.25) is 0 Å². The SMILES string of the molecule is CCNC(c1ccc(Br)c(C)c1)c1ccc2c(c1)CCC2. The Hall–Kier alpha value is -1.12. The monoisotopic (exact) mass is 343 g/mol. The Morgan fingerprint density at radius 3 is 2.52 bits per heavy atom. The molecule has 1 nitrogen and oxygen atoms in total. The van der Waals surface area contributed by atoms with E-state index < -0.39 is 0 Å². The maximum Gasteiger partial charge on any atom is 0.0576 e. The first-order valence-electron chi connectivity index (χ1n) is 7.80. The zero-order valence-corrected chi connectivity index (χ0v) is 14.3. The minimum absolute atomic E-state index is 0.285. The largest absolute Gasteiger partial charge is 0.307 e. The average molecular weight is 344 g/mol. The minimum Gasteiger partial charge on any atom is -0.307 e. The number of rotatable bonds is 4. The molecule has 110 valence electrons. The Morgan fingerprint density at radius 1 is 1.05 bits per heavy atom. The van der Waals surface area contributed by atoms with Crippen LogP contribution in [0.4, 0.5) is 0 Å². The van der Waals surface area contributed by atoms with Gasteiger partial charge in [-0.1, -0.05) is 53.2 Å². The van der Waals surface area contributed by atoms with Gasteiger partial charge in [-0.2, -0.15) is 0 Å². The fraction of sp³-hybridized carbons (Fsp3) is 0.368. The zero-order chi connectivity index (χ0) is 14.8. The van der Waals surface area contributed by atoms with Gasteiger partial charge in [0.1, 0.15) is 0 Å². The first-order valence-corrected chi connectivity index (χ1v) is 8.59. The molecule has 0 aliphatic heterocycles. The van der Waals surface area contributed by atoms with Gasteiger partial charge in [-0.3, -0.25) is 0 Å². The third kappa shape index (κ3) is 3.07. The smallest absolute Gasteiger partial charge is 0.0576 e. The maximum atomic E-state index is 3.64. The second-order valence-electron chi connectivity index (χ2n) is 5.88. The number of hydrogen-bond acceptors (Lipinski definition) is 1. The summed E-state index contributed by atoms with van der Waals surface area (Å²) in [5.74, 6) is 0. The lowest BCUT2D eigenvalue weighted by Gasteiger charge is -2.21. The van der Waals surface area contributed by atoms with Gasteiger partial charge in [-0.25, -0.2) is 0 Å². The summed E-state index contributed by atoms with van der Waals surface area (Å²) in [6.45, 7) is 5.29. The van der Waals surface area contributed by atoms with Crippen molar-refractivity contribution >= 4 is 15.9 Å². The number of benzene rings is 2. The van der Waals surface area contributed by atoms with Crippen molar-refractivity contribution in [1.29, 1.82) is 0 Å². The molecule has 1 N–H and O–H groups in total. The predicted octanol–water partition coefficient (Wildman–Crippen LogP) is 4.95. The normalized spacial score (nSPS) is 15.0. The molecule has 0 bridgehead atoms. The highest BCUT2D eigenvalue weighted by molar-refractivity contribution is 9.10. The lowest BCUT2D eigenvalue weighted by molar-refractivity contribution is 0.629. The Morgan fingerprint density at radius 2 is 1.76 bits per heavy atom. The van der Waals surface area contributed by atoms with Crippen molar-refractivity contribution in [2.45, 2.75) is 39.2 Å². The molecule has 1 aliphatic carbocycles. The standard InChI is InChI=1S/C19H22BrN/c1-3-21-19(16-9-10-18(20)13(2)11-16)17-8-7-14-5-4-6-15(14)12-17/h7-12,19,21H,3-6H2,1-2H3. The molecule has 1 unspecified atom stereocenters. The molecule has 0 fully saturated rings. The highest BCUT2D eigenvalue weighted by Crippen LogP contribution is 2.30. The van der Waals surface area contributed by atoms with Gasteiger partial charge < -0.3 is 5.32 Å². The quantitative estimate of drug-likeness (QED) is 0.828. The van der Waals surface area contributed by atoms with Crippen molar-refractivity contribution in [3.8, 4) is 0 Å². The fourth-order valence-electron chi connectivity index (χ4n) is 3.25. The van der Waals surface area contributed by atoms with Gasteiger partial charge in [-0.15, -0.1) is 0 Å². The number of halogens is 1. The second kappa shape index (κ2) is 6.33. The van der Waals surface area contributed by atoms with Crippen LogP contribution in [0.3, 0.4) is 0 Å². The van der Waals surface area contributed by atoms with Gasteiger partial charge in [0.15, 0.2) is 0 Å². The second-order valence-corrected chi connectivity index (χ2v) is 6.74. The van der Waals surface area contributed by atoms with Crippen LogP contribution < -0.4 is 5.32 Å². The molecule has 0 amide bonds. The van der Waals surface area contributed by atoms with E-state index in [-0.39, 0.29) is 6.04 Å². The van der Waals surface area contributed by atoms with E-state index in [4.69, 9.17) is 0 Å².